The van der Waals surface area contributed by atoms with E-state index in [-0.39, 0.29) is 28.5 Å². The molecule has 6 aromatic carbocycles. The molecule has 4 heterocycles. The van der Waals surface area contributed by atoms with E-state index in [9.17, 15) is 0 Å². The number of aromatic nitrogens is 2. The molecule has 0 fully saturated rings. The monoisotopic (exact) mass is 770 g/mol. The Labute approximate surface area is 352 Å². The van der Waals surface area contributed by atoms with Crippen molar-refractivity contribution < 1.29 is 0 Å². The van der Waals surface area contributed by atoms with Gasteiger partial charge < -0.3 is 9.05 Å². The van der Waals surface area contributed by atoms with Gasteiger partial charge in [-0.15, -0.1) is 0 Å². The van der Waals surface area contributed by atoms with Crippen LogP contribution in [0.1, 0.15) is 116 Å². The molecular formula is C56H59BN2. The van der Waals surface area contributed by atoms with Crippen LogP contribution in [0.25, 0.3) is 71.9 Å². The van der Waals surface area contributed by atoms with E-state index in [1.54, 1.807) is 0 Å². The average molecular weight is 771 g/mol. The molecule has 0 amide bonds. The van der Waals surface area contributed by atoms with Crippen molar-refractivity contribution in [3.05, 3.63) is 137 Å². The third kappa shape index (κ3) is 5.45. The molecule has 0 N–H and O–H groups in total. The molecule has 8 aromatic rings. The van der Waals surface area contributed by atoms with E-state index in [4.69, 9.17) is 0 Å². The van der Waals surface area contributed by atoms with Crippen LogP contribution in [-0.4, -0.2) is 15.9 Å². The highest BCUT2D eigenvalue weighted by Crippen LogP contribution is 2.51. The van der Waals surface area contributed by atoms with Crippen LogP contribution in [0.5, 0.6) is 0 Å². The molecule has 0 saturated carbocycles. The van der Waals surface area contributed by atoms with Crippen LogP contribution in [-0.2, 0) is 21.7 Å². The average Bonchev–Trinajstić information content (AvgIpc) is 3.67. The van der Waals surface area contributed by atoms with E-state index in [2.05, 4.69) is 209 Å². The van der Waals surface area contributed by atoms with Crippen molar-refractivity contribution in [2.75, 3.05) is 0 Å². The zero-order valence-electron chi connectivity index (χ0n) is 37.8. The van der Waals surface area contributed by atoms with Crippen molar-refractivity contribution in [2.24, 2.45) is 0 Å². The lowest BCUT2D eigenvalue weighted by atomic mass is 9.45. The van der Waals surface area contributed by atoms with Crippen molar-refractivity contribution in [3.63, 3.8) is 0 Å². The highest BCUT2D eigenvalue weighted by molar-refractivity contribution is 6.90. The summed E-state index contributed by atoms with van der Waals surface area (Å²) >= 11 is 0. The second kappa shape index (κ2) is 12.2. The van der Waals surface area contributed by atoms with Gasteiger partial charge in [0.1, 0.15) is 0 Å². The standard InChI is InChI=1S/C56H59BN2/c1-32-19-18-20-33(2)47(32)48-43-29-36(54(6,7)8)27-42-40-26-38(56(12,13)14)31-46-49(40)57(59(51(42)43)50(48)34-21-16-15-17-22-34)44-30-37(55(9,10)11)28-41-39-25-35(53(3,4)5)23-24-45(39)58(46)52(41)44/h15-31H,1-14H3. The molecule has 2 aromatic heterocycles. The van der Waals surface area contributed by atoms with Crippen molar-refractivity contribution in [1.82, 2.24) is 9.05 Å². The lowest BCUT2D eigenvalue weighted by molar-refractivity contribution is 0.589. The normalized spacial score (nSPS) is 13.9. The van der Waals surface area contributed by atoms with Crippen LogP contribution < -0.4 is 10.9 Å². The molecule has 0 bridgehead atoms. The van der Waals surface area contributed by atoms with Crippen molar-refractivity contribution >= 4 is 50.5 Å². The zero-order valence-corrected chi connectivity index (χ0v) is 37.8. The third-order valence-electron chi connectivity index (χ3n) is 13.7. The summed E-state index contributed by atoms with van der Waals surface area (Å²) in [6, 6.07) is 40.8. The van der Waals surface area contributed by atoms with Gasteiger partial charge in [-0.3, -0.25) is 0 Å². The lowest BCUT2D eigenvalue weighted by Crippen LogP contribution is -2.56. The van der Waals surface area contributed by atoms with Gasteiger partial charge >= 0.3 is 6.85 Å². The first kappa shape index (κ1) is 38.0. The Kier molecular flexibility index (Phi) is 7.82. The zero-order chi connectivity index (χ0) is 41.9. The fourth-order valence-corrected chi connectivity index (χ4v) is 10.4. The molecule has 10 rings (SSSR count). The molecule has 2 nitrogen and oxygen atoms in total. The van der Waals surface area contributed by atoms with Crippen LogP contribution in [0, 0.1) is 13.8 Å². The molecule has 3 heteroatoms. The Morgan fingerprint density at radius 2 is 1.02 bits per heavy atom. The molecule has 0 aliphatic carbocycles. The molecule has 2 aliphatic rings. The summed E-state index contributed by atoms with van der Waals surface area (Å²) in [4.78, 5) is 0. The minimum atomic E-state index is -0.0578. The largest absolute Gasteiger partial charge is 0.375 e. The number of fused-ring (bicyclic) bond motifs is 7. The number of benzene rings is 6. The second-order valence-electron chi connectivity index (χ2n) is 22.0. The third-order valence-corrected chi connectivity index (χ3v) is 13.7. The predicted octanol–water partition coefficient (Wildman–Crippen LogP) is 13.8. The first-order valence-electron chi connectivity index (χ1n) is 21.8. The van der Waals surface area contributed by atoms with Gasteiger partial charge in [0.05, 0.1) is 11.0 Å². The van der Waals surface area contributed by atoms with Crippen molar-refractivity contribution in [3.8, 4) is 39.2 Å². The Morgan fingerprint density at radius 1 is 0.458 bits per heavy atom. The molecule has 2 aliphatic heterocycles. The van der Waals surface area contributed by atoms with E-state index in [0.29, 0.717) is 0 Å². The van der Waals surface area contributed by atoms with Crippen LogP contribution in [0.15, 0.2) is 103 Å². The van der Waals surface area contributed by atoms with Crippen LogP contribution in [0.3, 0.4) is 0 Å². The summed E-state index contributed by atoms with van der Waals surface area (Å²) < 4.78 is 5.47. The molecule has 0 atom stereocenters. The van der Waals surface area contributed by atoms with Gasteiger partial charge in [0, 0.05) is 44.2 Å². The van der Waals surface area contributed by atoms with Gasteiger partial charge in [-0.05, 0) is 133 Å². The molecule has 0 spiro atoms. The van der Waals surface area contributed by atoms with Gasteiger partial charge in [-0.1, -0.05) is 150 Å². The topological polar surface area (TPSA) is 9.86 Å². The van der Waals surface area contributed by atoms with Gasteiger partial charge in [-0.2, -0.15) is 0 Å². The Morgan fingerprint density at radius 3 is 1.64 bits per heavy atom. The van der Waals surface area contributed by atoms with Gasteiger partial charge in [0.2, 0.25) is 0 Å². The number of hydrogen-bond donors (Lipinski definition) is 0. The molecule has 59 heavy (non-hydrogen) atoms. The quantitative estimate of drug-likeness (QED) is 0.155. The number of nitrogens with zero attached hydrogens (tertiary/aromatic N) is 2. The molecule has 0 unspecified atom stereocenters. The summed E-state index contributed by atoms with van der Waals surface area (Å²) in [5.74, 6) is 0. The predicted molar refractivity (Wildman–Crippen MR) is 257 cm³/mol. The first-order chi connectivity index (χ1) is 27.6. The highest BCUT2D eigenvalue weighted by Gasteiger charge is 2.45. The van der Waals surface area contributed by atoms with E-state index >= 15 is 0 Å². The van der Waals surface area contributed by atoms with Gasteiger partial charge in [0.25, 0.3) is 0 Å². The molecule has 296 valence electrons. The summed E-state index contributed by atoms with van der Waals surface area (Å²) in [6.45, 7) is 33.0. The molecular weight excluding hydrogens is 711 g/mol. The Hall–Kier alpha value is -5.28. The van der Waals surface area contributed by atoms with E-state index in [1.165, 1.54) is 116 Å². The number of hydrogen-bond acceptors (Lipinski definition) is 0. The second-order valence-corrected chi connectivity index (χ2v) is 22.0. The first-order valence-corrected chi connectivity index (χ1v) is 21.8. The molecule has 0 radical (unpaired) electrons. The lowest BCUT2D eigenvalue weighted by Gasteiger charge is -2.37. The molecule has 0 saturated heterocycles. The number of rotatable bonds is 2. The summed E-state index contributed by atoms with van der Waals surface area (Å²) in [6.07, 6.45) is 0. The Bertz CT molecular complexity index is 3060. The maximum absolute atomic E-state index is 2.80. The SMILES string of the molecule is Cc1cccc(C)c1-c1c(-c2ccccc2)n2c3c(cc(C(C)(C)C)cc13)-c1cc(C(C)(C)C)cc3c1B2c1cc(C(C)(C)C)cc2c4cc(C(C)(C)C)ccc4n-3c12. The fraction of sp³-hybridized carbons (Fsp3) is 0.321. The van der Waals surface area contributed by atoms with E-state index in [1.807, 2.05) is 0 Å². The van der Waals surface area contributed by atoms with E-state index < -0.39 is 0 Å². The summed E-state index contributed by atoms with van der Waals surface area (Å²) in [5.41, 5.74) is 24.1. The summed E-state index contributed by atoms with van der Waals surface area (Å²) in [5, 5.41) is 4.05. The van der Waals surface area contributed by atoms with Crippen LogP contribution in [0.2, 0.25) is 0 Å². The van der Waals surface area contributed by atoms with Crippen LogP contribution >= 0.6 is 0 Å². The smallest absolute Gasteiger partial charge is 0.333 e. The minimum absolute atomic E-state index is 0.0288. The van der Waals surface area contributed by atoms with Crippen LogP contribution in [0.4, 0.5) is 0 Å². The van der Waals surface area contributed by atoms with Gasteiger partial charge in [-0.25, -0.2) is 0 Å². The van der Waals surface area contributed by atoms with E-state index in [0.717, 1.165) is 0 Å². The van der Waals surface area contributed by atoms with Crippen molar-refractivity contribution in [2.45, 2.75) is 119 Å². The maximum Gasteiger partial charge on any atom is 0.333 e. The minimum Gasteiger partial charge on any atom is -0.375 e. The number of aryl methyl sites for hydroxylation is 2. The van der Waals surface area contributed by atoms with Gasteiger partial charge in [0.15, 0.2) is 0 Å². The van der Waals surface area contributed by atoms with Crippen molar-refractivity contribution in [1.29, 1.82) is 0 Å². The maximum atomic E-state index is 2.80. The fourth-order valence-electron chi connectivity index (χ4n) is 10.4. The summed E-state index contributed by atoms with van der Waals surface area (Å²) in [7, 11) is 0. The highest BCUT2D eigenvalue weighted by atomic mass is 15.0. The Balaban J connectivity index is 1.51.